The zero-order valence-corrected chi connectivity index (χ0v) is 15.0. The molecule has 0 saturated heterocycles. The molecule has 0 bridgehead atoms. The zero-order chi connectivity index (χ0) is 18.0. The van der Waals surface area contributed by atoms with E-state index < -0.39 is 10.0 Å². The summed E-state index contributed by atoms with van der Waals surface area (Å²) in [5.41, 5.74) is 0.622. The Labute approximate surface area is 153 Å². The average Bonchev–Trinajstić information content (AvgIpc) is 3.32. The van der Waals surface area contributed by atoms with Crippen molar-refractivity contribution in [3.8, 4) is 0 Å². The van der Waals surface area contributed by atoms with Crippen molar-refractivity contribution in [3.05, 3.63) is 66.2 Å². The predicted molar refractivity (Wildman–Crippen MR) is 99.9 cm³/mol. The lowest BCUT2D eigenvalue weighted by molar-refractivity contribution is 0.498. The molecule has 0 radical (unpaired) electrons. The number of furan rings is 1. The van der Waals surface area contributed by atoms with Gasteiger partial charge in [-0.2, -0.15) is 0 Å². The minimum Gasteiger partial charge on any atom is -0.468 e. The Morgan fingerprint density at radius 3 is 2.88 bits per heavy atom. The molecule has 0 unspecified atom stereocenters. The van der Waals surface area contributed by atoms with Gasteiger partial charge in [-0.3, -0.25) is 0 Å². The third-order valence-electron chi connectivity index (χ3n) is 3.69. The van der Waals surface area contributed by atoms with Crippen LogP contribution in [0, 0.1) is 0 Å². The summed E-state index contributed by atoms with van der Waals surface area (Å²) in [7, 11) is -3.66. The Morgan fingerprint density at radius 1 is 1.12 bits per heavy atom. The normalized spacial score (nSPS) is 11.7. The maximum atomic E-state index is 12.5. The Hall–Kier alpha value is -2.75. The zero-order valence-electron chi connectivity index (χ0n) is 13.4. The lowest BCUT2D eigenvalue weighted by atomic mass is 10.3. The van der Waals surface area contributed by atoms with Gasteiger partial charge in [0.1, 0.15) is 22.7 Å². The van der Waals surface area contributed by atoms with E-state index in [0.29, 0.717) is 17.3 Å². The van der Waals surface area contributed by atoms with Gasteiger partial charge in [0.15, 0.2) is 0 Å². The molecule has 0 aliphatic rings. The Morgan fingerprint density at radius 2 is 2.04 bits per heavy atom. The molecule has 2 N–H and O–H groups in total. The summed E-state index contributed by atoms with van der Waals surface area (Å²) < 4.78 is 32.7. The number of anilines is 2. The van der Waals surface area contributed by atoms with Crippen LogP contribution in [0.5, 0.6) is 0 Å². The topological polar surface area (TPSA) is 97.1 Å². The molecule has 0 aliphatic heterocycles. The summed E-state index contributed by atoms with van der Waals surface area (Å²) in [5.74, 6) is 1.18. The average molecular weight is 386 g/mol. The number of benzene rings is 1. The summed E-state index contributed by atoms with van der Waals surface area (Å²) >= 11 is 1.52. The van der Waals surface area contributed by atoms with Crippen LogP contribution < -0.4 is 10.0 Å². The molecule has 0 fully saturated rings. The smallest absolute Gasteiger partial charge is 0.241 e. The molecular formula is C17H14N4O3S2. The van der Waals surface area contributed by atoms with Crippen molar-refractivity contribution >= 4 is 43.1 Å². The van der Waals surface area contributed by atoms with E-state index in [2.05, 4.69) is 20.0 Å². The second kappa shape index (κ2) is 6.87. The number of thiophene rings is 1. The number of fused-ring (bicyclic) bond motifs is 1. The first-order valence-corrected chi connectivity index (χ1v) is 10.1. The highest BCUT2D eigenvalue weighted by molar-refractivity contribution is 7.89. The van der Waals surface area contributed by atoms with Gasteiger partial charge in [-0.15, -0.1) is 11.3 Å². The Balaban J connectivity index is 1.57. The summed E-state index contributed by atoms with van der Waals surface area (Å²) in [6.07, 6.45) is 2.98. The fraction of sp³-hybridized carbons (Fsp3) is 0.0588. The van der Waals surface area contributed by atoms with E-state index in [-0.39, 0.29) is 11.4 Å². The molecule has 9 heteroatoms. The van der Waals surface area contributed by atoms with Crippen molar-refractivity contribution < 1.29 is 12.8 Å². The van der Waals surface area contributed by atoms with Crippen LogP contribution in [0.2, 0.25) is 0 Å². The van der Waals surface area contributed by atoms with Crippen LogP contribution >= 0.6 is 11.3 Å². The van der Waals surface area contributed by atoms with E-state index in [9.17, 15) is 8.42 Å². The van der Waals surface area contributed by atoms with Crippen LogP contribution in [0.15, 0.2) is 69.7 Å². The van der Waals surface area contributed by atoms with Gasteiger partial charge in [-0.1, -0.05) is 6.07 Å². The molecule has 3 aromatic heterocycles. The van der Waals surface area contributed by atoms with Crippen LogP contribution in [0.25, 0.3) is 10.2 Å². The van der Waals surface area contributed by atoms with E-state index >= 15 is 0 Å². The molecule has 4 aromatic rings. The SMILES string of the molecule is O=S(=O)(NCc1ccco1)c1cccc(Nc2ncnc3sccc23)c1. The third-order valence-corrected chi connectivity index (χ3v) is 5.90. The van der Waals surface area contributed by atoms with Crippen molar-refractivity contribution in [2.75, 3.05) is 5.32 Å². The minimum atomic E-state index is -3.66. The highest BCUT2D eigenvalue weighted by Crippen LogP contribution is 2.27. The molecule has 26 heavy (non-hydrogen) atoms. The number of hydrogen-bond donors (Lipinski definition) is 2. The lowest BCUT2D eigenvalue weighted by Gasteiger charge is -2.09. The first-order valence-electron chi connectivity index (χ1n) is 7.69. The van der Waals surface area contributed by atoms with Crippen LogP contribution in [0.3, 0.4) is 0 Å². The van der Waals surface area contributed by atoms with Crippen molar-refractivity contribution in [1.29, 1.82) is 0 Å². The first kappa shape index (κ1) is 16.7. The minimum absolute atomic E-state index is 0.0917. The quantitative estimate of drug-likeness (QED) is 0.526. The monoisotopic (exact) mass is 386 g/mol. The maximum absolute atomic E-state index is 12.5. The summed E-state index contributed by atoms with van der Waals surface area (Å²) in [4.78, 5) is 9.47. The van der Waals surface area contributed by atoms with Gasteiger partial charge in [-0.25, -0.2) is 23.1 Å². The molecule has 3 heterocycles. The molecule has 0 aliphatic carbocycles. The molecule has 0 atom stereocenters. The molecule has 0 saturated carbocycles. The van der Waals surface area contributed by atoms with Crippen LogP contribution in [0.1, 0.15) is 5.76 Å². The predicted octanol–water partition coefficient (Wildman–Crippen LogP) is 3.51. The van der Waals surface area contributed by atoms with Crippen LogP contribution in [-0.4, -0.2) is 18.4 Å². The molecule has 1 aromatic carbocycles. The van der Waals surface area contributed by atoms with Gasteiger partial charge in [0.2, 0.25) is 10.0 Å². The largest absolute Gasteiger partial charge is 0.468 e. The van der Waals surface area contributed by atoms with Crippen molar-refractivity contribution in [3.63, 3.8) is 0 Å². The summed E-state index contributed by atoms with van der Waals surface area (Å²) in [5, 5.41) is 5.98. The van der Waals surface area contributed by atoms with Crippen molar-refractivity contribution in [2.45, 2.75) is 11.4 Å². The second-order valence-corrected chi connectivity index (χ2v) is 8.08. The van der Waals surface area contributed by atoms with Gasteiger partial charge in [0.25, 0.3) is 0 Å². The van der Waals surface area contributed by atoms with Crippen LogP contribution in [0.4, 0.5) is 11.5 Å². The first-order chi connectivity index (χ1) is 12.6. The van der Waals surface area contributed by atoms with Crippen molar-refractivity contribution in [1.82, 2.24) is 14.7 Å². The van der Waals surface area contributed by atoms with E-state index in [1.165, 1.54) is 30.0 Å². The Bertz CT molecular complexity index is 1140. The van der Waals surface area contributed by atoms with E-state index in [1.54, 1.807) is 30.3 Å². The number of nitrogens with one attached hydrogen (secondary N) is 2. The molecule has 132 valence electrons. The highest BCUT2D eigenvalue weighted by Gasteiger charge is 2.15. The van der Waals surface area contributed by atoms with Gasteiger partial charge in [-0.05, 0) is 41.8 Å². The van der Waals surface area contributed by atoms with Crippen LogP contribution in [-0.2, 0) is 16.6 Å². The Kier molecular flexibility index (Phi) is 4.41. The van der Waals surface area contributed by atoms with Gasteiger partial charge in [0.05, 0.1) is 23.1 Å². The summed E-state index contributed by atoms with van der Waals surface area (Å²) in [6.45, 7) is 0.0917. The molecule has 4 rings (SSSR count). The molecular weight excluding hydrogens is 372 g/mol. The number of nitrogens with zero attached hydrogens (tertiary/aromatic N) is 2. The molecule has 7 nitrogen and oxygen atoms in total. The van der Waals surface area contributed by atoms with Gasteiger partial charge < -0.3 is 9.73 Å². The maximum Gasteiger partial charge on any atom is 0.241 e. The standard InChI is InChI=1S/C17H14N4O3S2/c22-26(23,20-10-13-4-2-7-24-13)14-5-1-3-12(9-14)21-16-15-6-8-25-17(15)19-11-18-16/h1-9,11,20H,10H2,(H,18,19,21). The third kappa shape index (κ3) is 3.45. The lowest BCUT2D eigenvalue weighted by Crippen LogP contribution is -2.23. The van der Waals surface area contributed by atoms with E-state index in [0.717, 1.165) is 10.2 Å². The fourth-order valence-electron chi connectivity index (χ4n) is 2.43. The highest BCUT2D eigenvalue weighted by atomic mass is 32.2. The fourth-order valence-corrected chi connectivity index (χ4v) is 4.20. The second-order valence-electron chi connectivity index (χ2n) is 5.42. The number of rotatable bonds is 6. The number of sulfonamides is 1. The molecule has 0 spiro atoms. The molecule has 0 amide bonds. The van der Waals surface area contributed by atoms with Gasteiger partial charge >= 0.3 is 0 Å². The van der Waals surface area contributed by atoms with E-state index in [4.69, 9.17) is 4.42 Å². The number of aromatic nitrogens is 2. The van der Waals surface area contributed by atoms with Crippen molar-refractivity contribution in [2.24, 2.45) is 0 Å². The van der Waals surface area contributed by atoms with E-state index in [1.807, 2.05) is 11.4 Å². The number of hydrogen-bond acceptors (Lipinski definition) is 7. The summed E-state index contributed by atoms with van der Waals surface area (Å²) in [6, 6.07) is 11.9. The van der Waals surface area contributed by atoms with Gasteiger partial charge in [0, 0.05) is 5.69 Å².